The minimum Gasteiger partial charge on any atom is -0.206 e. The third-order valence-electron chi connectivity index (χ3n) is 5.22. The molecule has 35 heavy (non-hydrogen) atoms. The third-order valence-corrected chi connectivity index (χ3v) is 5.90. The molecule has 3 rings (SSSR count). The molecule has 3 aromatic rings. The lowest BCUT2D eigenvalue weighted by Gasteiger charge is -2.04. The van der Waals surface area contributed by atoms with Gasteiger partial charge in [-0.05, 0) is 85.1 Å². The number of halogens is 4. The van der Waals surface area contributed by atoms with Crippen LogP contribution in [0, 0.1) is 64.5 Å². The lowest BCUT2D eigenvalue weighted by Crippen LogP contribution is -1.95. The number of nitrogens with zero attached hydrogens (tertiary/aromatic N) is 1. The highest BCUT2D eigenvalue weighted by molar-refractivity contribution is 8.03. The molecule has 0 N–H and O–H groups in total. The monoisotopic (exact) mass is 491 g/mol. The van der Waals surface area contributed by atoms with Gasteiger partial charge >= 0.3 is 0 Å². The molecule has 0 saturated carbocycles. The fraction of sp³-hybridized carbons (Fsp3) is 0.207. The minimum atomic E-state index is -0.850. The van der Waals surface area contributed by atoms with Crippen molar-refractivity contribution >= 4 is 11.8 Å². The van der Waals surface area contributed by atoms with E-state index in [9.17, 15) is 17.6 Å². The number of hydrogen-bond acceptors (Lipinski definition) is 2. The van der Waals surface area contributed by atoms with Gasteiger partial charge in [0.2, 0.25) is 0 Å². The van der Waals surface area contributed by atoms with Gasteiger partial charge in [0, 0.05) is 16.7 Å². The average Bonchev–Trinajstić information content (AvgIpc) is 2.80. The summed E-state index contributed by atoms with van der Waals surface area (Å²) in [5.41, 5.74) is 2.39. The molecule has 0 unspecified atom stereocenters. The maximum absolute atomic E-state index is 14.4. The summed E-state index contributed by atoms with van der Waals surface area (Å²) in [4.78, 5) is -0.365. The molecule has 176 valence electrons. The van der Waals surface area contributed by atoms with Crippen LogP contribution in [0.5, 0.6) is 0 Å². The molecule has 0 heterocycles. The molecule has 0 amide bonds. The second-order valence-electron chi connectivity index (χ2n) is 7.88. The van der Waals surface area contributed by atoms with Crippen molar-refractivity contribution in [2.75, 3.05) is 0 Å². The van der Waals surface area contributed by atoms with Crippen molar-refractivity contribution in [3.63, 3.8) is 0 Å². The molecular formula is C29H21F4NS. The Labute approximate surface area is 207 Å². The predicted octanol–water partition coefficient (Wildman–Crippen LogP) is 7.66. The van der Waals surface area contributed by atoms with E-state index in [1.54, 1.807) is 30.5 Å². The number of rotatable bonds is 5. The van der Waals surface area contributed by atoms with E-state index in [2.05, 4.69) is 30.6 Å². The van der Waals surface area contributed by atoms with Crippen LogP contribution in [0.3, 0.4) is 0 Å². The highest BCUT2D eigenvalue weighted by atomic mass is 32.2. The second-order valence-corrected chi connectivity index (χ2v) is 8.68. The first kappa shape index (κ1) is 26.0. The van der Waals surface area contributed by atoms with Crippen LogP contribution in [0.15, 0.2) is 47.4 Å². The summed E-state index contributed by atoms with van der Waals surface area (Å²) < 4.78 is 56.8. The van der Waals surface area contributed by atoms with E-state index < -0.39 is 23.3 Å². The summed E-state index contributed by atoms with van der Waals surface area (Å²) in [7, 11) is 0. The van der Waals surface area contributed by atoms with E-state index in [-0.39, 0.29) is 16.0 Å². The van der Waals surface area contributed by atoms with Crippen molar-refractivity contribution in [2.24, 2.45) is 0 Å². The Hall–Kier alpha value is -3.66. The number of thioether (sulfide) groups is 1. The van der Waals surface area contributed by atoms with Crippen LogP contribution in [0.25, 0.3) is 0 Å². The standard InChI is InChI=1S/C29H21F4NS/c1-3-4-5-6-21-14-25(30)24(26(31)15-21)12-9-20-7-10-23(19(2)13-20)11-8-22-16-27(32)29(35-18-34)28(33)17-22/h7,10,13-17H,3-6H2,1-2H3. The molecule has 0 aromatic heterocycles. The summed E-state index contributed by atoms with van der Waals surface area (Å²) in [6.45, 7) is 3.86. The molecular weight excluding hydrogens is 470 g/mol. The van der Waals surface area contributed by atoms with Gasteiger partial charge in [0.15, 0.2) is 0 Å². The molecule has 0 saturated heterocycles. The van der Waals surface area contributed by atoms with Gasteiger partial charge in [-0.1, -0.05) is 43.4 Å². The average molecular weight is 492 g/mol. The van der Waals surface area contributed by atoms with E-state index in [0.717, 1.165) is 37.0 Å². The smallest absolute Gasteiger partial charge is 0.142 e. The van der Waals surface area contributed by atoms with Crippen molar-refractivity contribution in [3.05, 3.63) is 99.1 Å². The summed E-state index contributed by atoms with van der Waals surface area (Å²) in [6.07, 6.45) is 3.54. The molecule has 0 spiro atoms. The highest BCUT2D eigenvalue weighted by Crippen LogP contribution is 2.25. The molecule has 3 aromatic carbocycles. The normalized spacial score (nSPS) is 10.1. The van der Waals surface area contributed by atoms with E-state index in [4.69, 9.17) is 5.26 Å². The zero-order valence-corrected chi connectivity index (χ0v) is 20.1. The van der Waals surface area contributed by atoms with Gasteiger partial charge in [-0.2, -0.15) is 5.26 Å². The molecule has 0 aliphatic heterocycles. The maximum Gasteiger partial charge on any atom is 0.142 e. The van der Waals surface area contributed by atoms with Crippen LogP contribution < -0.4 is 0 Å². The van der Waals surface area contributed by atoms with Crippen LogP contribution in [0.4, 0.5) is 17.6 Å². The summed E-state index contributed by atoms with van der Waals surface area (Å²) in [5, 5.41) is 10.3. The Morgan fingerprint density at radius 1 is 0.771 bits per heavy atom. The fourth-order valence-electron chi connectivity index (χ4n) is 3.40. The SMILES string of the molecule is CCCCCc1cc(F)c(C#Cc2ccc(C#Cc3cc(F)c(SC#N)c(F)c3)c(C)c2)c(F)c1. The summed E-state index contributed by atoms with van der Waals surface area (Å²) >= 11 is 0.412. The van der Waals surface area contributed by atoms with Gasteiger partial charge < -0.3 is 0 Å². The van der Waals surface area contributed by atoms with Crippen LogP contribution in [0.2, 0.25) is 0 Å². The van der Waals surface area contributed by atoms with Crippen molar-refractivity contribution in [2.45, 2.75) is 44.4 Å². The van der Waals surface area contributed by atoms with Gasteiger partial charge in [-0.15, -0.1) is 0 Å². The van der Waals surface area contributed by atoms with Crippen molar-refractivity contribution in [3.8, 4) is 29.1 Å². The van der Waals surface area contributed by atoms with E-state index in [1.165, 1.54) is 12.1 Å². The topological polar surface area (TPSA) is 23.8 Å². The number of aryl methyl sites for hydroxylation is 2. The molecule has 1 nitrogen and oxygen atoms in total. The van der Waals surface area contributed by atoms with Crippen LogP contribution in [0.1, 0.15) is 59.6 Å². The zero-order valence-electron chi connectivity index (χ0n) is 19.2. The maximum atomic E-state index is 14.4. The zero-order chi connectivity index (χ0) is 25.4. The Balaban J connectivity index is 1.80. The Kier molecular flexibility index (Phi) is 9.02. The number of nitriles is 1. The van der Waals surface area contributed by atoms with Gasteiger partial charge in [-0.25, -0.2) is 17.6 Å². The number of benzene rings is 3. The van der Waals surface area contributed by atoms with Gasteiger partial charge in [0.1, 0.15) is 28.7 Å². The molecule has 0 aliphatic rings. The lowest BCUT2D eigenvalue weighted by atomic mass is 10.0. The predicted molar refractivity (Wildman–Crippen MR) is 131 cm³/mol. The Morgan fingerprint density at radius 2 is 1.43 bits per heavy atom. The summed E-state index contributed by atoms with van der Waals surface area (Å²) in [5.74, 6) is 7.87. The number of thiocyanates is 1. The molecule has 0 atom stereocenters. The summed E-state index contributed by atoms with van der Waals surface area (Å²) in [6, 6.07) is 9.88. The van der Waals surface area contributed by atoms with Gasteiger partial charge in [0.25, 0.3) is 0 Å². The Bertz CT molecular complexity index is 1370. The first-order valence-corrected chi connectivity index (χ1v) is 11.8. The fourth-order valence-corrected chi connectivity index (χ4v) is 3.80. The Morgan fingerprint density at radius 3 is 2.03 bits per heavy atom. The first-order valence-electron chi connectivity index (χ1n) is 11.0. The van der Waals surface area contributed by atoms with Crippen molar-refractivity contribution in [1.29, 1.82) is 5.26 Å². The minimum absolute atomic E-state index is 0.134. The third kappa shape index (κ3) is 6.92. The van der Waals surface area contributed by atoms with Crippen LogP contribution >= 0.6 is 11.8 Å². The van der Waals surface area contributed by atoms with Crippen LogP contribution in [-0.2, 0) is 6.42 Å². The molecule has 0 fully saturated rings. The van der Waals surface area contributed by atoms with Crippen molar-refractivity contribution < 1.29 is 17.6 Å². The van der Waals surface area contributed by atoms with Gasteiger partial charge in [-0.3, -0.25) is 0 Å². The lowest BCUT2D eigenvalue weighted by molar-refractivity contribution is 0.540. The largest absolute Gasteiger partial charge is 0.206 e. The van der Waals surface area contributed by atoms with E-state index in [1.807, 2.05) is 0 Å². The van der Waals surface area contributed by atoms with E-state index in [0.29, 0.717) is 34.9 Å². The molecule has 6 heteroatoms. The highest BCUT2D eigenvalue weighted by Gasteiger charge is 2.11. The first-order chi connectivity index (χ1) is 16.8. The second kappa shape index (κ2) is 12.2. The van der Waals surface area contributed by atoms with Gasteiger partial charge in [0.05, 0.1) is 10.5 Å². The number of hydrogen-bond donors (Lipinski definition) is 0. The molecule has 0 radical (unpaired) electrons. The quantitative estimate of drug-likeness (QED) is 0.120. The molecule has 0 bridgehead atoms. The van der Waals surface area contributed by atoms with Crippen LogP contribution in [-0.4, -0.2) is 0 Å². The molecule has 0 aliphatic carbocycles. The van der Waals surface area contributed by atoms with Crippen molar-refractivity contribution in [1.82, 2.24) is 0 Å². The van der Waals surface area contributed by atoms with E-state index >= 15 is 0 Å². The number of unbranched alkanes of at least 4 members (excludes halogenated alkanes) is 2.